The zero-order valence-electron chi connectivity index (χ0n) is 12.4. The van der Waals surface area contributed by atoms with E-state index < -0.39 is 33.5 Å². The third kappa shape index (κ3) is 3.39. The molecule has 1 atom stereocenters. The van der Waals surface area contributed by atoms with Crippen molar-refractivity contribution in [1.29, 1.82) is 0 Å². The van der Waals surface area contributed by atoms with Gasteiger partial charge < -0.3 is 9.84 Å². The lowest BCUT2D eigenvalue weighted by Crippen LogP contribution is -2.61. The van der Waals surface area contributed by atoms with Crippen LogP contribution in [0.3, 0.4) is 0 Å². The number of halogens is 1. The van der Waals surface area contributed by atoms with Crippen molar-refractivity contribution >= 4 is 16.0 Å². The van der Waals surface area contributed by atoms with Crippen molar-refractivity contribution in [2.45, 2.75) is 36.7 Å². The zero-order valence-corrected chi connectivity index (χ0v) is 13.3. The Bertz CT molecular complexity index is 699. The van der Waals surface area contributed by atoms with Crippen LogP contribution in [0.2, 0.25) is 0 Å². The molecule has 0 amide bonds. The van der Waals surface area contributed by atoms with Crippen LogP contribution in [0.4, 0.5) is 4.39 Å². The zero-order chi connectivity index (χ0) is 16.7. The van der Waals surface area contributed by atoms with E-state index in [1.807, 2.05) is 0 Å². The number of sulfonamides is 1. The van der Waals surface area contributed by atoms with Gasteiger partial charge in [-0.2, -0.15) is 4.31 Å². The van der Waals surface area contributed by atoms with E-state index in [1.165, 1.54) is 28.6 Å². The van der Waals surface area contributed by atoms with Crippen LogP contribution in [-0.2, 0) is 25.3 Å². The van der Waals surface area contributed by atoms with E-state index in [1.54, 1.807) is 0 Å². The Balaban J connectivity index is 1.80. The van der Waals surface area contributed by atoms with Gasteiger partial charge >= 0.3 is 5.97 Å². The fourth-order valence-corrected chi connectivity index (χ4v) is 4.61. The summed E-state index contributed by atoms with van der Waals surface area (Å²) in [5.41, 5.74) is -0.204. The van der Waals surface area contributed by atoms with Crippen LogP contribution in [0.15, 0.2) is 24.3 Å². The number of benzene rings is 1. The number of ether oxygens (including phenoxy) is 1. The van der Waals surface area contributed by atoms with Crippen molar-refractivity contribution in [3.63, 3.8) is 0 Å². The first-order valence-corrected chi connectivity index (χ1v) is 9.04. The highest BCUT2D eigenvalue weighted by molar-refractivity contribution is 7.88. The predicted molar refractivity (Wildman–Crippen MR) is 79.7 cm³/mol. The molecule has 1 saturated carbocycles. The molecule has 0 radical (unpaired) electrons. The fraction of sp³-hybridized carbons (Fsp3) is 0.533. The fourth-order valence-electron chi connectivity index (χ4n) is 3.02. The van der Waals surface area contributed by atoms with Crippen LogP contribution in [0.1, 0.15) is 24.8 Å². The van der Waals surface area contributed by atoms with Gasteiger partial charge in [0.25, 0.3) is 0 Å². The molecule has 3 rings (SSSR count). The second kappa shape index (κ2) is 5.85. The molecular weight excluding hydrogens is 325 g/mol. The number of hydrogen-bond donors (Lipinski definition) is 1. The highest BCUT2D eigenvalue weighted by Crippen LogP contribution is 2.40. The highest BCUT2D eigenvalue weighted by atomic mass is 32.2. The Hall–Kier alpha value is -1.51. The maximum atomic E-state index is 12.9. The molecule has 1 aromatic carbocycles. The Kier molecular flexibility index (Phi) is 4.16. The van der Waals surface area contributed by atoms with Crippen LogP contribution < -0.4 is 0 Å². The summed E-state index contributed by atoms with van der Waals surface area (Å²) >= 11 is 0. The summed E-state index contributed by atoms with van der Waals surface area (Å²) in [5, 5.41) is 9.21. The van der Waals surface area contributed by atoms with Crippen LogP contribution in [0.25, 0.3) is 0 Å². The molecule has 8 heteroatoms. The van der Waals surface area contributed by atoms with Crippen molar-refractivity contribution in [2.75, 3.05) is 13.1 Å². The number of nitrogens with zero attached hydrogens (tertiary/aromatic N) is 1. The number of carbonyl (C=O) groups is 1. The minimum absolute atomic E-state index is 0.181. The normalized spacial score (nSPS) is 24.3. The minimum Gasteiger partial charge on any atom is -0.479 e. The second-order valence-corrected chi connectivity index (χ2v) is 8.13. The van der Waals surface area contributed by atoms with Crippen LogP contribution in [0, 0.1) is 5.82 Å². The molecule has 1 aliphatic heterocycles. The van der Waals surface area contributed by atoms with Crippen molar-refractivity contribution in [2.24, 2.45) is 0 Å². The molecule has 1 N–H and O–H groups in total. The third-order valence-corrected chi connectivity index (χ3v) is 6.19. The first-order chi connectivity index (χ1) is 10.8. The van der Waals surface area contributed by atoms with Crippen molar-refractivity contribution in [3.8, 4) is 0 Å². The molecule has 6 nitrogen and oxygen atoms in total. The summed E-state index contributed by atoms with van der Waals surface area (Å²) in [6.07, 6.45) is 1.09. The maximum Gasteiger partial charge on any atom is 0.334 e. The lowest BCUT2D eigenvalue weighted by Gasteiger charge is -2.49. The van der Waals surface area contributed by atoms with E-state index in [-0.39, 0.29) is 18.8 Å². The predicted octanol–water partition coefficient (Wildman–Crippen LogP) is 1.36. The summed E-state index contributed by atoms with van der Waals surface area (Å²) < 4.78 is 45.0. The van der Waals surface area contributed by atoms with Crippen molar-refractivity contribution in [1.82, 2.24) is 4.31 Å². The first-order valence-electron chi connectivity index (χ1n) is 7.43. The minimum atomic E-state index is -3.70. The van der Waals surface area contributed by atoms with Gasteiger partial charge in [0.15, 0.2) is 6.10 Å². The second-order valence-electron chi connectivity index (χ2n) is 6.16. The first kappa shape index (κ1) is 16.4. The average Bonchev–Trinajstić information content (AvgIpc) is 2.47. The standard InChI is InChI=1S/C15H18FNO5S/c16-12-4-2-11(3-5-12)9-23(20,21)17-8-13(14(18)19)22-15(10-17)6-1-7-15/h2-5,13H,1,6-10H2,(H,18,19). The molecule has 1 heterocycles. The molecule has 1 saturated heterocycles. The summed E-state index contributed by atoms with van der Waals surface area (Å²) in [6.45, 7) is -0.0130. The van der Waals surface area contributed by atoms with Gasteiger partial charge in [0.2, 0.25) is 10.0 Å². The lowest BCUT2D eigenvalue weighted by atomic mass is 9.79. The number of carboxylic acid groups (broad SMARTS) is 1. The van der Waals surface area contributed by atoms with E-state index in [0.717, 1.165) is 6.42 Å². The molecule has 2 aliphatic rings. The van der Waals surface area contributed by atoms with Crippen LogP contribution >= 0.6 is 0 Å². The maximum absolute atomic E-state index is 12.9. The van der Waals surface area contributed by atoms with Crippen LogP contribution in [0.5, 0.6) is 0 Å². The van der Waals surface area contributed by atoms with E-state index in [2.05, 4.69) is 0 Å². The summed E-state index contributed by atoms with van der Waals surface area (Å²) in [7, 11) is -3.70. The molecule has 1 aromatic rings. The molecule has 1 unspecified atom stereocenters. The van der Waals surface area contributed by atoms with Gasteiger partial charge in [-0.1, -0.05) is 12.1 Å². The Morgan fingerprint density at radius 2 is 2.00 bits per heavy atom. The Morgan fingerprint density at radius 1 is 1.35 bits per heavy atom. The van der Waals surface area contributed by atoms with E-state index in [9.17, 15) is 22.7 Å². The van der Waals surface area contributed by atoms with Gasteiger partial charge in [-0.05, 0) is 37.0 Å². The van der Waals surface area contributed by atoms with Crippen molar-refractivity contribution in [3.05, 3.63) is 35.6 Å². The molecule has 1 aliphatic carbocycles. The van der Waals surface area contributed by atoms with Crippen LogP contribution in [-0.4, -0.2) is 48.6 Å². The number of morpholine rings is 1. The topological polar surface area (TPSA) is 83.9 Å². The van der Waals surface area contributed by atoms with E-state index >= 15 is 0 Å². The molecule has 2 fully saturated rings. The molecule has 0 aromatic heterocycles. The Morgan fingerprint density at radius 3 is 2.52 bits per heavy atom. The lowest BCUT2D eigenvalue weighted by molar-refractivity contribution is -0.195. The van der Waals surface area contributed by atoms with Gasteiger partial charge in [-0.3, -0.25) is 0 Å². The molecular formula is C15H18FNO5S. The SMILES string of the molecule is O=C(O)C1CN(S(=O)(=O)Cc2ccc(F)cc2)CC2(CCC2)O1. The number of aliphatic carboxylic acids is 1. The van der Waals surface area contributed by atoms with Gasteiger partial charge in [-0.25, -0.2) is 17.6 Å². The molecule has 0 bridgehead atoms. The van der Waals surface area contributed by atoms with E-state index in [4.69, 9.17) is 4.74 Å². The highest BCUT2D eigenvalue weighted by Gasteiger charge is 2.49. The summed E-state index contributed by atoms with van der Waals surface area (Å²) in [4.78, 5) is 11.3. The Labute approximate surface area is 133 Å². The molecule has 1 spiro atoms. The number of carboxylic acids is 1. The monoisotopic (exact) mass is 343 g/mol. The van der Waals surface area contributed by atoms with Crippen molar-refractivity contribution < 1.29 is 27.4 Å². The third-order valence-electron chi connectivity index (χ3n) is 4.42. The summed E-state index contributed by atoms with van der Waals surface area (Å²) in [6, 6.07) is 5.25. The van der Waals surface area contributed by atoms with E-state index in [0.29, 0.717) is 18.4 Å². The largest absolute Gasteiger partial charge is 0.479 e. The van der Waals surface area contributed by atoms with Gasteiger partial charge in [-0.15, -0.1) is 0 Å². The summed E-state index contributed by atoms with van der Waals surface area (Å²) in [5.74, 6) is -1.87. The van der Waals surface area contributed by atoms with Gasteiger partial charge in [0.1, 0.15) is 5.82 Å². The number of rotatable bonds is 4. The average molecular weight is 343 g/mol. The van der Waals surface area contributed by atoms with Gasteiger partial charge in [0, 0.05) is 6.54 Å². The molecule has 23 heavy (non-hydrogen) atoms. The smallest absolute Gasteiger partial charge is 0.334 e. The quantitative estimate of drug-likeness (QED) is 0.892. The van der Waals surface area contributed by atoms with Gasteiger partial charge in [0.05, 0.1) is 17.9 Å². The number of hydrogen-bond acceptors (Lipinski definition) is 4. The molecule has 126 valence electrons.